The molecule has 1 amide bonds. The first-order chi connectivity index (χ1) is 14.4. The van der Waals surface area contributed by atoms with Crippen molar-refractivity contribution in [1.82, 2.24) is 4.90 Å². The minimum absolute atomic E-state index is 0.0896. The average Bonchev–Trinajstić information content (AvgIpc) is 2.75. The second-order valence-corrected chi connectivity index (χ2v) is 8.37. The van der Waals surface area contributed by atoms with Gasteiger partial charge in [-0.2, -0.15) is 0 Å². The van der Waals surface area contributed by atoms with Crippen LogP contribution in [0.4, 0.5) is 4.39 Å². The van der Waals surface area contributed by atoms with E-state index in [1.165, 1.54) is 12.1 Å². The SMILES string of the molecule is CCC(CC)CC1(O)CCN(C(=O)Cc2ccc(Oc3ccc(F)cc3)cc2)CC1. The first-order valence-electron chi connectivity index (χ1n) is 10.9. The number of hydrogen-bond donors (Lipinski definition) is 1. The van der Waals surface area contributed by atoms with Gasteiger partial charge < -0.3 is 14.7 Å². The maximum absolute atomic E-state index is 13.0. The largest absolute Gasteiger partial charge is 0.457 e. The molecule has 1 heterocycles. The lowest BCUT2D eigenvalue weighted by molar-refractivity contribution is -0.135. The van der Waals surface area contributed by atoms with Gasteiger partial charge in [-0.15, -0.1) is 0 Å². The van der Waals surface area contributed by atoms with Gasteiger partial charge in [0.25, 0.3) is 0 Å². The van der Waals surface area contributed by atoms with Crippen LogP contribution in [0.2, 0.25) is 0 Å². The molecule has 162 valence electrons. The van der Waals surface area contributed by atoms with Crippen molar-refractivity contribution in [2.45, 2.75) is 58.0 Å². The highest BCUT2D eigenvalue weighted by atomic mass is 19.1. The molecule has 0 spiro atoms. The zero-order chi connectivity index (χ0) is 21.6. The fourth-order valence-corrected chi connectivity index (χ4v) is 4.09. The molecule has 4 nitrogen and oxygen atoms in total. The molecule has 0 radical (unpaired) electrons. The number of aliphatic hydroxyl groups is 1. The van der Waals surface area contributed by atoms with Crippen LogP contribution in [0.15, 0.2) is 48.5 Å². The quantitative estimate of drug-likeness (QED) is 0.635. The van der Waals surface area contributed by atoms with Crippen LogP contribution in [-0.2, 0) is 11.2 Å². The third-order valence-electron chi connectivity index (χ3n) is 6.20. The van der Waals surface area contributed by atoms with Crippen LogP contribution in [0.5, 0.6) is 11.5 Å². The fraction of sp³-hybridized carbons (Fsp3) is 0.480. The van der Waals surface area contributed by atoms with E-state index >= 15 is 0 Å². The summed E-state index contributed by atoms with van der Waals surface area (Å²) in [7, 11) is 0. The lowest BCUT2D eigenvalue weighted by Gasteiger charge is -2.40. The number of benzene rings is 2. The van der Waals surface area contributed by atoms with Crippen LogP contribution in [0.25, 0.3) is 0 Å². The Morgan fingerprint density at radius 1 is 1.03 bits per heavy atom. The molecule has 0 aliphatic carbocycles. The summed E-state index contributed by atoms with van der Waals surface area (Å²) in [6.07, 6.45) is 4.64. The number of rotatable bonds is 8. The predicted octanol–water partition coefficient (Wildman–Crippen LogP) is 5.34. The van der Waals surface area contributed by atoms with Crippen LogP contribution in [0, 0.1) is 11.7 Å². The minimum atomic E-state index is -0.632. The molecule has 5 heteroatoms. The van der Waals surface area contributed by atoms with Crippen molar-refractivity contribution in [3.63, 3.8) is 0 Å². The Morgan fingerprint density at radius 3 is 2.10 bits per heavy atom. The summed E-state index contributed by atoms with van der Waals surface area (Å²) in [6.45, 7) is 5.57. The van der Waals surface area contributed by atoms with Crippen LogP contribution in [0.1, 0.15) is 51.5 Å². The predicted molar refractivity (Wildman–Crippen MR) is 116 cm³/mol. The second kappa shape index (κ2) is 10.1. The Balaban J connectivity index is 1.49. The van der Waals surface area contributed by atoms with E-state index in [2.05, 4.69) is 13.8 Å². The van der Waals surface area contributed by atoms with Crippen molar-refractivity contribution >= 4 is 5.91 Å². The summed E-state index contributed by atoms with van der Waals surface area (Å²) in [5.74, 6) is 1.54. The van der Waals surface area contributed by atoms with Crippen molar-refractivity contribution in [2.75, 3.05) is 13.1 Å². The number of likely N-dealkylation sites (tertiary alicyclic amines) is 1. The molecule has 0 bridgehead atoms. The summed E-state index contributed by atoms with van der Waals surface area (Å²) < 4.78 is 18.7. The Bertz CT molecular complexity index is 807. The fourth-order valence-electron chi connectivity index (χ4n) is 4.09. The van der Waals surface area contributed by atoms with E-state index in [0.29, 0.717) is 49.8 Å². The molecule has 0 aromatic heterocycles. The number of piperidine rings is 1. The molecule has 0 saturated carbocycles. The summed E-state index contributed by atoms with van der Waals surface area (Å²) >= 11 is 0. The molecule has 0 unspecified atom stereocenters. The highest BCUT2D eigenvalue weighted by molar-refractivity contribution is 5.79. The first kappa shape index (κ1) is 22.3. The van der Waals surface area contributed by atoms with Gasteiger partial charge in [-0.25, -0.2) is 4.39 Å². The summed E-state index contributed by atoms with van der Waals surface area (Å²) in [6, 6.07) is 13.3. The maximum atomic E-state index is 13.0. The molecule has 2 aromatic carbocycles. The standard InChI is InChI=1S/C25H32FNO3/c1-3-19(4-2)18-25(29)13-15-27(16-14-25)24(28)17-20-5-9-22(10-6-20)30-23-11-7-21(26)8-12-23/h5-12,19,29H,3-4,13-18H2,1-2H3. The molecule has 1 aliphatic rings. The Morgan fingerprint density at radius 2 is 1.57 bits per heavy atom. The van der Waals surface area contributed by atoms with Gasteiger partial charge in [0.1, 0.15) is 17.3 Å². The number of amides is 1. The average molecular weight is 414 g/mol. The van der Waals surface area contributed by atoms with Gasteiger partial charge in [-0.05, 0) is 67.1 Å². The normalized spacial score (nSPS) is 16.0. The van der Waals surface area contributed by atoms with E-state index in [0.717, 1.165) is 24.8 Å². The van der Waals surface area contributed by atoms with Crippen LogP contribution in [-0.4, -0.2) is 34.6 Å². The smallest absolute Gasteiger partial charge is 0.226 e. The van der Waals surface area contributed by atoms with Crippen molar-refractivity contribution in [3.05, 3.63) is 59.9 Å². The van der Waals surface area contributed by atoms with Gasteiger partial charge in [-0.1, -0.05) is 38.8 Å². The third kappa shape index (κ3) is 6.05. The topological polar surface area (TPSA) is 49.8 Å². The summed E-state index contributed by atoms with van der Waals surface area (Å²) in [5, 5.41) is 10.9. The van der Waals surface area contributed by atoms with E-state index in [-0.39, 0.29) is 11.7 Å². The molecule has 0 atom stereocenters. The van der Waals surface area contributed by atoms with Crippen LogP contribution >= 0.6 is 0 Å². The summed E-state index contributed by atoms with van der Waals surface area (Å²) in [5.41, 5.74) is 0.289. The number of carbonyl (C=O) groups excluding carboxylic acids is 1. The molecule has 1 saturated heterocycles. The maximum Gasteiger partial charge on any atom is 0.226 e. The summed E-state index contributed by atoms with van der Waals surface area (Å²) in [4.78, 5) is 14.6. The van der Waals surface area contributed by atoms with E-state index in [9.17, 15) is 14.3 Å². The molecule has 1 fully saturated rings. The zero-order valence-electron chi connectivity index (χ0n) is 17.9. The lowest BCUT2D eigenvalue weighted by Crippen LogP contribution is -2.47. The molecule has 2 aromatic rings. The van der Waals surface area contributed by atoms with E-state index in [1.807, 2.05) is 29.2 Å². The first-order valence-corrected chi connectivity index (χ1v) is 10.9. The van der Waals surface area contributed by atoms with E-state index < -0.39 is 5.60 Å². The molecule has 1 aliphatic heterocycles. The Hall–Kier alpha value is -2.40. The zero-order valence-corrected chi connectivity index (χ0v) is 17.9. The number of nitrogens with zero attached hydrogens (tertiary/aromatic N) is 1. The highest BCUT2D eigenvalue weighted by Crippen LogP contribution is 2.31. The number of hydrogen-bond acceptors (Lipinski definition) is 3. The van der Waals surface area contributed by atoms with Gasteiger partial charge in [-0.3, -0.25) is 4.79 Å². The highest BCUT2D eigenvalue weighted by Gasteiger charge is 2.35. The van der Waals surface area contributed by atoms with Crippen LogP contribution in [0.3, 0.4) is 0 Å². The number of halogens is 1. The van der Waals surface area contributed by atoms with Crippen molar-refractivity contribution in [3.8, 4) is 11.5 Å². The molecular weight excluding hydrogens is 381 g/mol. The van der Waals surface area contributed by atoms with Gasteiger partial charge in [0, 0.05) is 13.1 Å². The monoisotopic (exact) mass is 413 g/mol. The lowest BCUT2D eigenvalue weighted by atomic mass is 9.81. The number of ether oxygens (including phenoxy) is 1. The van der Waals surface area contributed by atoms with Crippen molar-refractivity contribution in [1.29, 1.82) is 0 Å². The van der Waals surface area contributed by atoms with Crippen molar-refractivity contribution in [2.24, 2.45) is 5.92 Å². The second-order valence-electron chi connectivity index (χ2n) is 8.37. The molecule has 3 rings (SSSR count). The van der Waals surface area contributed by atoms with Gasteiger partial charge in [0.05, 0.1) is 12.0 Å². The molecule has 30 heavy (non-hydrogen) atoms. The van der Waals surface area contributed by atoms with Crippen molar-refractivity contribution < 1.29 is 19.0 Å². The van der Waals surface area contributed by atoms with Gasteiger partial charge >= 0.3 is 0 Å². The minimum Gasteiger partial charge on any atom is -0.457 e. The molecule has 1 N–H and O–H groups in total. The Labute approximate surface area is 178 Å². The molecular formula is C25H32FNO3. The number of carbonyl (C=O) groups is 1. The Kier molecular flexibility index (Phi) is 7.48. The van der Waals surface area contributed by atoms with E-state index in [1.54, 1.807) is 12.1 Å². The van der Waals surface area contributed by atoms with Gasteiger partial charge in [0.2, 0.25) is 5.91 Å². The van der Waals surface area contributed by atoms with Gasteiger partial charge in [0.15, 0.2) is 0 Å². The van der Waals surface area contributed by atoms with Crippen LogP contribution < -0.4 is 4.74 Å². The van der Waals surface area contributed by atoms with E-state index in [4.69, 9.17) is 4.74 Å². The third-order valence-corrected chi connectivity index (χ3v) is 6.20.